The maximum absolute atomic E-state index is 11.8. The summed E-state index contributed by atoms with van der Waals surface area (Å²) in [6, 6.07) is 0. The lowest BCUT2D eigenvalue weighted by atomic mass is 9.71. The van der Waals surface area contributed by atoms with Crippen LogP contribution >= 0.6 is 0 Å². The zero-order valence-electron chi connectivity index (χ0n) is 11.6. The van der Waals surface area contributed by atoms with Crippen molar-refractivity contribution in [2.24, 2.45) is 11.3 Å². The van der Waals surface area contributed by atoms with E-state index in [9.17, 15) is 4.79 Å². The molecular weight excluding hydrogens is 200 g/mol. The molecule has 0 heterocycles. The summed E-state index contributed by atoms with van der Waals surface area (Å²) < 4.78 is 5.87. The van der Waals surface area contributed by atoms with Crippen LogP contribution in [-0.2, 0) is 9.53 Å². The number of hydrogen-bond donors (Lipinski definition) is 0. The van der Waals surface area contributed by atoms with Gasteiger partial charge in [0, 0.05) is 6.42 Å². The van der Waals surface area contributed by atoms with Gasteiger partial charge in [-0.1, -0.05) is 20.8 Å². The Hall–Kier alpha value is -0.370. The number of ether oxygens (including phenoxy) is 1. The SMILES string of the molecule is CC(C)(C)O[C@H]1C[C@H](C(C)(C)C)CCC1=O. The first-order chi connectivity index (χ1) is 7.09. The van der Waals surface area contributed by atoms with Crippen LogP contribution in [0.15, 0.2) is 0 Å². The van der Waals surface area contributed by atoms with Crippen LogP contribution in [0.3, 0.4) is 0 Å². The molecule has 0 aromatic carbocycles. The summed E-state index contributed by atoms with van der Waals surface area (Å²) in [6.45, 7) is 12.8. The summed E-state index contributed by atoms with van der Waals surface area (Å²) in [5.41, 5.74) is 0.0558. The summed E-state index contributed by atoms with van der Waals surface area (Å²) in [5.74, 6) is 0.882. The predicted molar refractivity (Wildman–Crippen MR) is 66.4 cm³/mol. The number of hydrogen-bond acceptors (Lipinski definition) is 2. The van der Waals surface area contributed by atoms with Gasteiger partial charge < -0.3 is 4.74 Å². The molecule has 0 saturated heterocycles. The third kappa shape index (κ3) is 3.89. The Balaban J connectivity index is 2.66. The lowest BCUT2D eigenvalue weighted by Gasteiger charge is -2.38. The molecule has 2 nitrogen and oxygen atoms in total. The van der Waals surface area contributed by atoms with Crippen LogP contribution in [0.25, 0.3) is 0 Å². The van der Waals surface area contributed by atoms with E-state index in [1.807, 2.05) is 20.8 Å². The van der Waals surface area contributed by atoms with Gasteiger partial charge in [-0.25, -0.2) is 0 Å². The van der Waals surface area contributed by atoms with Crippen molar-refractivity contribution in [1.29, 1.82) is 0 Å². The third-order valence-electron chi connectivity index (χ3n) is 3.32. The average Bonchev–Trinajstić information content (AvgIpc) is 2.04. The molecule has 2 atom stereocenters. The van der Waals surface area contributed by atoms with E-state index in [0.29, 0.717) is 12.3 Å². The van der Waals surface area contributed by atoms with Crippen molar-refractivity contribution < 1.29 is 9.53 Å². The van der Waals surface area contributed by atoms with E-state index in [1.165, 1.54) is 0 Å². The molecule has 0 N–H and O–H groups in total. The van der Waals surface area contributed by atoms with Crippen LogP contribution in [0.4, 0.5) is 0 Å². The summed E-state index contributed by atoms with van der Waals surface area (Å²) >= 11 is 0. The molecule has 0 spiro atoms. The molecule has 0 radical (unpaired) electrons. The standard InChI is InChI=1S/C14H26O2/c1-13(2,3)10-7-8-11(15)12(9-10)16-14(4,5)6/h10,12H,7-9H2,1-6H3/t10-,12+/m1/s1. The molecule has 1 fully saturated rings. The number of rotatable bonds is 1. The number of Topliss-reactive ketones (excluding diaryl/α,β-unsaturated/α-hetero) is 1. The molecule has 1 rings (SSSR count). The Kier molecular flexibility index (Phi) is 3.83. The second kappa shape index (κ2) is 4.48. The van der Waals surface area contributed by atoms with Gasteiger partial charge in [-0.15, -0.1) is 0 Å². The fourth-order valence-electron chi connectivity index (χ4n) is 2.31. The Morgan fingerprint density at radius 2 is 1.69 bits per heavy atom. The van der Waals surface area contributed by atoms with Crippen molar-refractivity contribution >= 4 is 5.78 Å². The van der Waals surface area contributed by atoms with E-state index in [-0.39, 0.29) is 22.9 Å². The van der Waals surface area contributed by atoms with E-state index in [1.54, 1.807) is 0 Å². The summed E-state index contributed by atoms with van der Waals surface area (Å²) in [4.78, 5) is 11.8. The number of carbonyl (C=O) groups excluding carboxylic acids is 1. The number of ketones is 1. The Morgan fingerprint density at radius 3 is 2.12 bits per heavy atom. The monoisotopic (exact) mass is 226 g/mol. The second-order valence-electron chi connectivity index (χ2n) is 7.02. The van der Waals surface area contributed by atoms with Crippen LogP contribution in [0, 0.1) is 11.3 Å². The minimum absolute atomic E-state index is 0.182. The topological polar surface area (TPSA) is 26.3 Å². The molecular formula is C14H26O2. The van der Waals surface area contributed by atoms with Gasteiger partial charge in [0.1, 0.15) is 6.10 Å². The van der Waals surface area contributed by atoms with E-state index in [0.717, 1.165) is 12.8 Å². The molecule has 1 aliphatic rings. The first-order valence-corrected chi connectivity index (χ1v) is 6.30. The van der Waals surface area contributed by atoms with Crippen LogP contribution in [0.5, 0.6) is 0 Å². The van der Waals surface area contributed by atoms with Gasteiger partial charge in [-0.2, -0.15) is 0 Å². The summed E-state index contributed by atoms with van der Waals surface area (Å²) in [6.07, 6.45) is 2.41. The Morgan fingerprint density at radius 1 is 1.12 bits per heavy atom. The summed E-state index contributed by atoms with van der Waals surface area (Å²) in [7, 11) is 0. The van der Waals surface area contributed by atoms with Crippen molar-refractivity contribution in [2.75, 3.05) is 0 Å². The molecule has 0 bridgehead atoms. The lowest BCUT2D eigenvalue weighted by Crippen LogP contribution is -2.40. The van der Waals surface area contributed by atoms with Crippen molar-refractivity contribution in [3.8, 4) is 0 Å². The molecule has 94 valence electrons. The Bertz CT molecular complexity index is 255. The molecule has 0 aliphatic heterocycles. The highest BCUT2D eigenvalue weighted by Gasteiger charge is 2.36. The van der Waals surface area contributed by atoms with Gasteiger partial charge in [-0.05, 0) is 44.9 Å². The molecule has 0 aromatic heterocycles. The van der Waals surface area contributed by atoms with Gasteiger partial charge in [0.25, 0.3) is 0 Å². The third-order valence-corrected chi connectivity index (χ3v) is 3.32. The van der Waals surface area contributed by atoms with Gasteiger partial charge in [0.05, 0.1) is 5.60 Å². The smallest absolute Gasteiger partial charge is 0.161 e. The molecule has 2 heteroatoms. The van der Waals surface area contributed by atoms with E-state index in [2.05, 4.69) is 20.8 Å². The highest BCUT2D eigenvalue weighted by Crippen LogP contribution is 2.38. The van der Waals surface area contributed by atoms with Gasteiger partial charge >= 0.3 is 0 Å². The van der Waals surface area contributed by atoms with Gasteiger partial charge in [0.15, 0.2) is 5.78 Å². The maximum Gasteiger partial charge on any atom is 0.161 e. The zero-order valence-corrected chi connectivity index (χ0v) is 11.6. The quantitative estimate of drug-likeness (QED) is 0.683. The summed E-state index contributed by atoms with van der Waals surface area (Å²) in [5, 5.41) is 0. The molecule has 0 amide bonds. The molecule has 16 heavy (non-hydrogen) atoms. The van der Waals surface area contributed by atoms with Crippen molar-refractivity contribution in [2.45, 2.75) is 72.5 Å². The lowest BCUT2D eigenvalue weighted by molar-refractivity contribution is -0.148. The highest BCUT2D eigenvalue weighted by molar-refractivity contribution is 5.83. The van der Waals surface area contributed by atoms with Crippen LogP contribution < -0.4 is 0 Å². The fraction of sp³-hybridized carbons (Fsp3) is 0.929. The zero-order chi connectivity index (χ0) is 12.6. The largest absolute Gasteiger partial charge is 0.365 e. The predicted octanol–water partition coefficient (Wildman–Crippen LogP) is 3.59. The molecule has 0 unspecified atom stereocenters. The second-order valence-corrected chi connectivity index (χ2v) is 7.02. The molecule has 0 aromatic rings. The minimum atomic E-state index is -0.222. The molecule has 1 saturated carbocycles. The average molecular weight is 226 g/mol. The maximum atomic E-state index is 11.8. The van der Waals surface area contributed by atoms with Gasteiger partial charge in [-0.3, -0.25) is 4.79 Å². The van der Waals surface area contributed by atoms with Gasteiger partial charge in [0.2, 0.25) is 0 Å². The van der Waals surface area contributed by atoms with Crippen molar-refractivity contribution in [3.05, 3.63) is 0 Å². The van der Waals surface area contributed by atoms with E-state index >= 15 is 0 Å². The highest BCUT2D eigenvalue weighted by atomic mass is 16.5. The van der Waals surface area contributed by atoms with Crippen LogP contribution in [0.1, 0.15) is 60.8 Å². The first-order valence-electron chi connectivity index (χ1n) is 6.30. The minimum Gasteiger partial charge on any atom is -0.365 e. The van der Waals surface area contributed by atoms with Crippen molar-refractivity contribution in [3.63, 3.8) is 0 Å². The van der Waals surface area contributed by atoms with Crippen molar-refractivity contribution in [1.82, 2.24) is 0 Å². The fourth-order valence-corrected chi connectivity index (χ4v) is 2.31. The van der Waals surface area contributed by atoms with E-state index < -0.39 is 0 Å². The van der Waals surface area contributed by atoms with E-state index in [4.69, 9.17) is 4.74 Å². The van der Waals surface area contributed by atoms with Crippen LogP contribution in [-0.4, -0.2) is 17.5 Å². The first kappa shape index (κ1) is 13.7. The number of carbonyl (C=O) groups is 1. The van der Waals surface area contributed by atoms with Crippen LogP contribution in [0.2, 0.25) is 0 Å². The molecule has 1 aliphatic carbocycles. The normalized spacial score (nSPS) is 28.2. The Labute approximate surface area is 99.8 Å².